The van der Waals surface area contributed by atoms with Gasteiger partial charge in [0.05, 0.1) is 18.6 Å². The number of fused-ring (bicyclic) bond motifs is 3. The number of esters is 1. The standard InChI is InChI=1S/C15H18O5/c1-6-3-9(17)12-7(2)15(19)20-14(12)13-8(5-16)4-10(18)11(6)13/h4,7,9,12-14,16-17H,3,5H2,1-2H3. The number of ketones is 1. The van der Waals surface area contributed by atoms with E-state index in [0.717, 1.165) is 5.57 Å². The van der Waals surface area contributed by atoms with E-state index in [1.807, 2.05) is 6.92 Å². The van der Waals surface area contributed by atoms with Gasteiger partial charge in [0.1, 0.15) is 6.10 Å². The molecular formula is C15H18O5. The number of aliphatic hydroxyl groups is 2. The van der Waals surface area contributed by atoms with Crippen LogP contribution in [-0.4, -0.2) is 40.8 Å². The molecule has 5 atom stereocenters. The molecule has 20 heavy (non-hydrogen) atoms. The molecular weight excluding hydrogens is 260 g/mol. The summed E-state index contributed by atoms with van der Waals surface area (Å²) in [6.45, 7) is 3.33. The van der Waals surface area contributed by atoms with Crippen molar-refractivity contribution in [3.63, 3.8) is 0 Å². The van der Waals surface area contributed by atoms with Gasteiger partial charge in [-0.2, -0.15) is 0 Å². The summed E-state index contributed by atoms with van der Waals surface area (Å²) >= 11 is 0. The van der Waals surface area contributed by atoms with Crippen LogP contribution in [0.3, 0.4) is 0 Å². The molecule has 1 fully saturated rings. The van der Waals surface area contributed by atoms with Gasteiger partial charge in [-0.15, -0.1) is 0 Å². The molecule has 2 aliphatic carbocycles. The molecule has 0 aromatic carbocycles. The summed E-state index contributed by atoms with van der Waals surface area (Å²) in [4.78, 5) is 24.0. The van der Waals surface area contributed by atoms with Crippen LogP contribution in [0.25, 0.3) is 0 Å². The number of ether oxygens (including phenoxy) is 1. The van der Waals surface area contributed by atoms with Crippen molar-refractivity contribution in [2.75, 3.05) is 6.61 Å². The monoisotopic (exact) mass is 278 g/mol. The zero-order valence-electron chi connectivity index (χ0n) is 11.5. The quantitative estimate of drug-likeness (QED) is 0.677. The third-order valence-electron chi connectivity index (χ3n) is 4.80. The number of rotatable bonds is 1. The van der Waals surface area contributed by atoms with E-state index in [-0.39, 0.29) is 24.3 Å². The van der Waals surface area contributed by atoms with Crippen LogP contribution >= 0.6 is 0 Å². The highest BCUT2D eigenvalue weighted by atomic mass is 16.6. The summed E-state index contributed by atoms with van der Waals surface area (Å²) in [6.07, 6.45) is 0.554. The first-order chi connectivity index (χ1) is 9.45. The van der Waals surface area contributed by atoms with Gasteiger partial charge in [-0.05, 0) is 25.0 Å². The fourth-order valence-electron chi connectivity index (χ4n) is 3.83. The Kier molecular flexibility index (Phi) is 3.06. The average molecular weight is 278 g/mol. The summed E-state index contributed by atoms with van der Waals surface area (Å²) in [5.74, 6) is -1.60. The topological polar surface area (TPSA) is 83.8 Å². The van der Waals surface area contributed by atoms with E-state index in [1.165, 1.54) is 6.08 Å². The second-order valence-corrected chi connectivity index (χ2v) is 5.95. The van der Waals surface area contributed by atoms with Gasteiger partial charge in [0.15, 0.2) is 5.78 Å². The van der Waals surface area contributed by atoms with Gasteiger partial charge >= 0.3 is 5.97 Å². The van der Waals surface area contributed by atoms with Gasteiger partial charge in [0.25, 0.3) is 0 Å². The average Bonchev–Trinajstić information content (AvgIpc) is 2.83. The SMILES string of the molecule is CC1=C2C(=O)C=C(CO)C2C2OC(=O)C(C)C2C(O)C1. The summed E-state index contributed by atoms with van der Waals surface area (Å²) in [6, 6.07) is 0. The predicted octanol–water partition coefficient (Wildman–Crippen LogP) is 0.363. The molecule has 0 bridgehead atoms. The lowest BCUT2D eigenvalue weighted by Gasteiger charge is -2.27. The molecule has 3 aliphatic rings. The van der Waals surface area contributed by atoms with Crippen LogP contribution < -0.4 is 0 Å². The number of hydrogen-bond acceptors (Lipinski definition) is 5. The summed E-state index contributed by atoms with van der Waals surface area (Å²) in [7, 11) is 0. The Morgan fingerprint density at radius 1 is 1.40 bits per heavy atom. The zero-order valence-corrected chi connectivity index (χ0v) is 11.5. The molecule has 2 N–H and O–H groups in total. The van der Waals surface area contributed by atoms with Crippen LogP contribution in [0.5, 0.6) is 0 Å². The molecule has 0 saturated carbocycles. The molecule has 108 valence electrons. The second kappa shape index (κ2) is 4.53. The van der Waals surface area contributed by atoms with Gasteiger partial charge < -0.3 is 14.9 Å². The van der Waals surface area contributed by atoms with Crippen LogP contribution in [0.2, 0.25) is 0 Å². The Bertz CT molecular complexity index is 544. The number of allylic oxidation sites excluding steroid dienone is 1. The van der Waals surface area contributed by atoms with Crippen LogP contribution in [0.15, 0.2) is 22.8 Å². The molecule has 0 aromatic heterocycles. The van der Waals surface area contributed by atoms with E-state index in [2.05, 4.69) is 0 Å². The van der Waals surface area contributed by atoms with Gasteiger partial charge in [-0.25, -0.2) is 0 Å². The number of carbonyl (C=O) groups is 2. The molecule has 5 unspecified atom stereocenters. The fraction of sp³-hybridized carbons (Fsp3) is 0.600. The molecule has 5 heteroatoms. The van der Waals surface area contributed by atoms with Gasteiger partial charge in [-0.3, -0.25) is 9.59 Å². The maximum Gasteiger partial charge on any atom is 0.309 e. The summed E-state index contributed by atoms with van der Waals surface area (Å²) in [5.41, 5.74) is 1.99. The fourth-order valence-corrected chi connectivity index (χ4v) is 3.83. The minimum absolute atomic E-state index is 0.139. The van der Waals surface area contributed by atoms with Crippen molar-refractivity contribution in [1.82, 2.24) is 0 Å². The van der Waals surface area contributed by atoms with Crippen LogP contribution in [-0.2, 0) is 14.3 Å². The Balaban J connectivity index is 2.11. The van der Waals surface area contributed by atoms with E-state index < -0.39 is 24.0 Å². The van der Waals surface area contributed by atoms with E-state index in [9.17, 15) is 19.8 Å². The van der Waals surface area contributed by atoms with E-state index in [1.54, 1.807) is 6.92 Å². The molecule has 1 aliphatic heterocycles. The highest BCUT2D eigenvalue weighted by molar-refractivity contribution is 6.09. The smallest absolute Gasteiger partial charge is 0.309 e. The normalized spacial score (nSPS) is 40.2. The highest BCUT2D eigenvalue weighted by Gasteiger charge is 2.54. The second-order valence-electron chi connectivity index (χ2n) is 5.95. The lowest BCUT2D eigenvalue weighted by molar-refractivity contribution is -0.145. The first-order valence-corrected chi connectivity index (χ1v) is 6.89. The first-order valence-electron chi connectivity index (χ1n) is 6.89. The number of hydrogen-bond donors (Lipinski definition) is 2. The van der Waals surface area contributed by atoms with Gasteiger partial charge in [0.2, 0.25) is 0 Å². The molecule has 0 radical (unpaired) electrons. The van der Waals surface area contributed by atoms with Gasteiger partial charge in [-0.1, -0.05) is 12.5 Å². The summed E-state index contributed by atoms with van der Waals surface area (Å²) in [5, 5.41) is 19.8. The number of aliphatic hydroxyl groups excluding tert-OH is 2. The molecule has 0 amide bonds. The molecule has 1 heterocycles. The highest BCUT2D eigenvalue weighted by Crippen LogP contribution is 2.47. The van der Waals surface area contributed by atoms with Crippen LogP contribution in [0.4, 0.5) is 0 Å². The van der Waals surface area contributed by atoms with Crippen molar-refractivity contribution in [3.05, 3.63) is 22.8 Å². The minimum atomic E-state index is -0.702. The molecule has 0 spiro atoms. The molecule has 5 nitrogen and oxygen atoms in total. The third kappa shape index (κ3) is 1.70. The Morgan fingerprint density at radius 2 is 2.10 bits per heavy atom. The Hall–Kier alpha value is -1.46. The lowest BCUT2D eigenvalue weighted by atomic mass is 9.79. The van der Waals surface area contributed by atoms with Crippen molar-refractivity contribution in [3.8, 4) is 0 Å². The third-order valence-corrected chi connectivity index (χ3v) is 4.80. The lowest BCUT2D eigenvalue weighted by Crippen LogP contribution is -2.35. The van der Waals surface area contributed by atoms with Crippen molar-refractivity contribution in [2.45, 2.75) is 32.5 Å². The van der Waals surface area contributed by atoms with Crippen molar-refractivity contribution in [2.24, 2.45) is 17.8 Å². The Morgan fingerprint density at radius 3 is 2.75 bits per heavy atom. The largest absolute Gasteiger partial charge is 0.461 e. The molecule has 0 aromatic rings. The maximum atomic E-state index is 12.1. The Labute approximate surface area is 116 Å². The van der Waals surface area contributed by atoms with E-state index in [0.29, 0.717) is 17.6 Å². The van der Waals surface area contributed by atoms with E-state index in [4.69, 9.17) is 4.74 Å². The van der Waals surface area contributed by atoms with Crippen molar-refractivity contribution in [1.29, 1.82) is 0 Å². The number of carbonyl (C=O) groups excluding carboxylic acids is 2. The van der Waals surface area contributed by atoms with Gasteiger partial charge in [0, 0.05) is 17.4 Å². The van der Waals surface area contributed by atoms with Crippen molar-refractivity contribution >= 4 is 11.8 Å². The maximum absolute atomic E-state index is 12.1. The molecule has 3 rings (SSSR count). The van der Waals surface area contributed by atoms with Crippen LogP contribution in [0.1, 0.15) is 20.3 Å². The predicted molar refractivity (Wildman–Crippen MR) is 69.5 cm³/mol. The van der Waals surface area contributed by atoms with E-state index >= 15 is 0 Å². The van der Waals surface area contributed by atoms with Crippen LogP contribution in [0, 0.1) is 17.8 Å². The minimum Gasteiger partial charge on any atom is -0.461 e. The first kappa shape index (κ1) is 13.5. The zero-order chi connectivity index (χ0) is 14.6. The molecule has 1 saturated heterocycles. The van der Waals surface area contributed by atoms with Crippen molar-refractivity contribution < 1.29 is 24.5 Å². The summed E-state index contributed by atoms with van der Waals surface area (Å²) < 4.78 is 5.43.